The van der Waals surface area contributed by atoms with Gasteiger partial charge in [0, 0.05) is 12.6 Å². The Morgan fingerprint density at radius 3 is 2.03 bits per heavy atom. The number of hydrogen-bond acceptors (Lipinski definition) is 4. The Bertz CT molecular complexity index is 1320. The van der Waals surface area contributed by atoms with E-state index in [0.29, 0.717) is 5.69 Å². The number of nitrogens with zero attached hydrogens (tertiary/aromatic N) is 2. The van der Waals surface area contributed by atoms with Crippen molar-refractivity contribution < 1.29 is 18.0 Å². The second kappa shape index (κ2) is 12.1. The molecule has 1 unspecified atom stereocenters. The van der Waals surface area contributed by atoms with Crippen LogP contribution in [-0.2, 0) is 26.2 Å². The Labute approximate surface area is 220 Å². The molecule has 0 aromatic heterocycles. The van der Waals surface area contributed by atoms with Gasteiger partial charge >= 0.3 is 0 Å². The molecule has 196 valence electrons. The lowest BCUT2D eigenvalue weighted by atomic mass is 10.1. The summed E-state index contributed by atoms with van der Waals surface area (Å²) in [5, 5.41) is 2.86. The normalized spacial score (nSPS) is 12.2. The van der Waals surface area contributed by atoms with Crippen molar-refractivity contribution in [3.05, 3.63) is 95.6 Å². The molecule has 0 saturated carbocycles. The fraction of sp³-hybridized carbons (Fsp3) is 0.310. The van der Waals surface area contributed by atoms with E-state index in [4.69, 9.17) is 0 Å². The minimum absolute atomic E-state index is 0.0828. The fourth-order valence-electron chi connectivity index (χ4n) is 3.92. The van der Waals surface area contributed by atoms with Gasteiger partial charge in [-0.25, -0.2) is 8.42 Å². The summed E-state index contributed by atoms with van der Waals surface area (Å²) in [4.78, 5) is 28.3. The molecule has 3 rings (SSSR count). The number of hydrogen-bond donors (Lipinski definition) is 1. The zero-order chi connectivity index (χ0) is 27.2. The molecule has 7 nitrogen and oxygen atoms in total. The number of nitrogens with one attached hydrogen (secondary N) is 1. The minimum atomic E-state index is -4.06. The lowest BCUT2D eigenvalue weighted by Crippen LogP contribution is -2.52. The minimum Gasteiger partial charge on any atom is -0.352 e. The second-order valence-electron chi connectivity index (χ2n) is 9.45. The first-order chi connectivity index (χ1) is 17.5. The molecule has 3 aromatic rings. The first kappa shape index (κ1) is 27.9. The number of benzene rings is 3. The number of aryl methyl sites for hydroxylation is 2. The van der Waals surface area contributed by atoms with Gasteiger partial charge in [0.25, 0.3) is 10.0 Å². The van der Waals surface area contributed by atoms with Crippen LogP contribution in [0.4, 0.5) is 5.69 Å². The third-order valence-electron chi connectivity index (χ3n) is 6.13. The molecular formula is C29H35N3O4S. The van der Waals surface area contributed by atoms with Crippen LogP contribution >= 0.6 is 0 Å². The van der Waals surface area contributed by atoms with Crippen LogP contribution in [0, 0.1) is 13.8 Å². The van der Waals surface area contributed by atoms with E-state index in [1.165, 1.54) is 17.0 Å². The van der Waals surface area contributed by atoms with Gasteiger partial charge in [0.2, 0.25) is 11.8 Å². The highest BCUT2D eigenvalue weighted by Gasteiger charge is 2.32. The largest absolute Gasteiger partial charge is 0.352 e. The molecule has 0 saturated heterocycles. The maximum atomic E-state index is 13.9. The summed E-state index contributed by atoms with van der Waals surface area (Å²) >= 11 is 0. The molecule has 0 bridgehead atoms. The fourth-order valence-corrected chi connectivity index (χ4v) is 5.35. The summed E-state index contributed by atoms with van der Waals surface area (Å²) in [5.74, 6) is -0.778. The highest BCUT2D eigenvalue weighted by Crippen LogP contribution is 2.25. The molecule has 0 heterocycles. The predicted molar refractivity (Wildman–Crippen MR) is 147 cm³/mol. The summed E-state index contributed by atoms with van der Waals surface area (Å²) in [6.07, 6.45) is 0. The Morgan fingerprint density at radius 2 is 1.43 bits per heavy atom. The first-order valence-electron chi connectivity index (χ1n) is 12.3. The van der Waals surface area contributed by atoms with Crippen LogP contribution in [0.5, 0.6) is 0 Å². The summed E-state index contributed by atoms with van der Waals surface area (Å²) in [5.41, 5.74) is 3.20. The van der Waals surface area contributed by atoms with Gasteiger partial charge < -0.3 is 10.2 Å². The van der Waals surface area contributed by atoms with E-state index in [-0.39, 0.29) is 23.4 Å². The van der Waals surface area contributed by atoms with Crippen molar-refractivity contribution in [1.29, 1.82) is 0 Å². The molecule has 8 heteroatoms. The average molecular weight is 522 g/mol. The zero-order valence-electron chi connectivity index (χ0n) is 22.0. The first-order valence-corrected chi connectivity index (χ1v) is 13.7. The lowest BCUT2D eigenvalue weighted by molar-refractivity contribution is -0.139. The number of carbonyl (C=O) groups is 2. The summed E-state index contributed by atoms with van der Waals surface area (Å²) in [6.45, 7) is 8.93. The maximum Gasteiger partial charge on any atom is 0.264 e. The number of anilines is 1. The molecule has 0 fully saturated rings. The molecule has 1 atom stereocenters. The van der Waals surface area contributed by atoms with E-state index in [1.807, 2.05) is 52.0 Å². The van der Waals surface area contributed by atoms with Crippen LogP contribution in [0.25, 0.3) is 0 Å². The van der Waals surface area contributed by atoms with Crippen molar-refractivity contribution >= 4 is 27.5 Å². The van der Waals surface area contributed by atoms with Crippen LogP contribution < -0.4 is 9.62 Å². The van der Waals surface area contributed by atoms with Gasteiger partial charge in [-0.05, 0) is 70.0 Å². The number of rotatable bonds is 10. The predicted octanol–water partition coefficient (Wildman–Crippen LogP) is 4.44. The summed E-state index contributed by atoms with van der Waals surface area (Å²) in [7, 11) is -4.06. The topological polar surface area (TPSA) is 86.8 Å². The number of carbonyl (C=O) groups excluding carboxylic acids is 2. The van der Waals surface area contributed by atoms with E-state index in [1.54, 1.807) is 49.4 Å². The number of sulfonamides is 1. The molecule has 3 aromatic carbocycles. The van der Waals surface area contributed by atoms with Crippen molar-refractivity contribution in [3.8, 4) is 0 Å². The zero-order valence-corrected chi connectivity index (χ0v) is 22.8. The van der Waals surface area contributed by atoms with Gasteiger partial charge in [-0.15, -0.1) is 0 Å². The lowest BCUT2D eigenvalue weighted by Gasteiger charge is -2.32. The molecule has 0 aliphatic heterocycles. The SMILES string of the molecule is Cc1ccc(N(CC(=O)N(Cc2ccccc2C)C(C)C(=O)NC(C)C)S(=O)(=O)c2ccccc2)cc1. The Morgan fingerprint density at radius 1 is 0.838 bits per heavy atom. The quantitative estimate of drug-likeness (QED) is 0.427. The Hall–Kier alpha value is -3.65. The second-order valence-corrected chi connectivity index (χ2v) is 11.3. The standard InChI is InChI=1S/C29H35N3O4S/c1-21(2)30-29(34)24(5)31(19-25-12-10-9-11-23(25)4)28(33)20-32(26-17-15-22(3)16-18-26)37(35,36)27-13-7-6-8-14-27/h6-18,21,24H,19-20H2,1-5H3,(H,30,34). The van der Waals surface area contributed by atoms with E-state index >= 15 is 0 Å². The molecular weight excluding hydrogens is 486 g/mol. The van der Waals surface area contributed by atoms with Gasteiger partial charge in [-0.2, -0.15) is 0 Å². The van der Waals surface area contributed by atoms with Crippen LogP contribution in [0.3, 0.4) is 0 Å². The van der Waals surface area contributed by atoms with E-state index in [0.717, 1.165) is 21.0 Å². The van der Waals surface area contributed by atoms with Crippen molar-refractivity contribution in [2.45, 2.75) is 58.1 Å². The maximum absolute atomic E-state index is 13.9. The molecule has 1 N–H and O–H groups in total. The highest BCUT2D eigenvalue weighted by molar-refractivity contribution is 7.92. The van der Waals surface area contributed by atoms with Crippen LogP contribution in [-0.4, -0.2) is 43.8 Å². The van der Waals surface area contributed by atoms with Gasteiger partial charge in [0.05, 0.1) is 10.6 Å². The van der Waals surface area contributed by atoms with Gasteiger partial charge in [-0.3, -0.25) is 13.9 Å². The van der Waals surface area contributed by atoms with Gasteiger partial charge in [0.1, 0.15) is 12.6 Å². The molecule has 0 aliphatic rings. The molecule has 2 amide bonds. The number of amides is 2. The Balaban J connectivity index is 2.02. The van der Waals surface area contributed by atoms with Crippen LogP contribution in [0.15, 0.2) is 83.8 Å². The summed E-state index contributed by atoms with van der Waals surface area (Å²) < 4.78 is 28.5. The highest BCUT2D eigenvalue weighted by atomic mass is 32.2. The van der Waals surface area contributed by atoms with E-state index < -0.39 is 28.5 Å². The molecule has 37 heavy (non-hydrogen) atoms. The van der Waals surface area contributed by atoms with Crippen molar-refractivity contribution in [2.75, 3.05) is 10.8 Å². The van der Waals surface area contributed by atoms with Crippen molar-refractivity contribution in [3.63, 3.8) is 0 Å². The van der Waals surface area contributed by atoms with Crippen LogP contribution in [0.1, 0.15) is 37.5 Å². The third kappa shape index (κ3) is 6.98. The monoisotopic (exact) mass is 521 g/mol. The van der Waals surface area contributed by atoms with Gasteiger partial charge in [0.15, 0.2) is 0 Å². The summed E-state index contributed by atoms with van der Waals surface area (Å²) in [6, 6.07) is 21.7. The van der Waals surface area contributed by atoms with Crippen LogP contribution in [0.2, 0.25) is 0 Å². The van der Waals surface area contributed by atoms with Crippen molar-refractivity contribution in [1.82, 2.24) is 10.2 Å². The van der Waals surface area contributed by atoms with Crippen molar-refractivity contribution in [2.24, 2.45) is 0 Å². The molecule has 0 radical (unpaired) electrons. The smallest absolute Gasteiger partial charge is 0.264 e. The van der Waals surface area contributed by atoms with E-state index in [9.17, 15) is 18.0 Å². The average Bonchev–Trinajstić information content (AvgIpc) is 2.87. The van der Waals surface area contributed by atoms with E-state index in [2.05, 4.69) is 5.32 Å². The third-order valence-corrected chi connectivity index (χ3v) is 7.92. The van der Waals surface area contributed by atoms with Gasteiger partial charge in [-0.1, -0.05) is 60.2 Å². The molecule has 0 aliphatic carbocycles. The molecule has 0 spiro atoms. The Kier molecular flexibility index (Phi) is 9.10.